The van der Waals surface area contributed by atoms with Gasteiger partial charge in [-0.15, -0.1) is 0 Å². The van der Waals surface area contributed by atoms with E-state index in [1.807, 2.05) is 54.6 Å². The lowest BCUT2D eigenvalue weighted by molar-refractivity contribution is -0.122. The van der Waals surface area contributed by atoms with E-state index in [1.54, 1.807) is 4.90 Å². The number of carbonyl (C=O) groups is 2. The molecule has 6 heteroatoms. The molecule has 1 heterocycles. The zero-order valence-electron chi connectivity index (χ0n) is 17.7. The molecule has 0 unspecified atom stereocenters. The van der Waals surface area contributed by atoms with Crippen molar-refractivity contribution in [3.63, 3.8) is 0 Å². The Kier molecular flexibility index (Phi) is 8.41. The van der Waals surface area contributed by atoms with E-state index < -0.39 is 0 Å². The van der Waals surface area contributed by atoms with Crippen LogP contribution >= 0.6 is 0 Å². The van der Waals surface area contributed by atoms with Crippen molar-refractivity contribution in [2.75, 3.05) is 44.8 Å². The van der Waals surface area contributed by atoms with E-state index in [9.17, 15) is 9.59 Å². The lowest BCUT2D eigenvalue weighted by Crippen LogP contribution is -2.34. The average molecular weight is 410 g/mol. The van der Waals surface area contributed by atoms with Crippen LogP contribution in [0.2, 0.25) is 0 Å². The first-order valence-corrected chi connectivity index (χ1v) is 10.6. The van der Waals surface area contributed by atoms with Gasteiger partial charge in [0.25, 0.3) is 5.91 Å². The highest BCUT2D eigenvalue weighted by Crippen LogP contribution is 2.19. The van der Waals surface area contributed by atoms with Crippen LogP contribution in [0.25, 0.3) is 0 Å². The molecule has 2 aromatic rings. The number of amides is 2. The Morgan fingerprint density at radius 2 is 1.70 bits per heavy atom. The third kappa shape index (κ3) is 6.68. The SMILES string of the molecule is COCC(=O)N(Cc1ccccc1)c1ccc(CC(=O)NCCN2CCCC2)cc1. The van der Waals surface area contributed by atoms with Crippen LogP contribution in [-0.4, -0.2) is 56.6 Å². The largest absolute Gasteiger partial charge is 0.375 e. The molecule has 6 nitrogen and oxygen atoms in total. The Labute approximate surface area is 178 Å². The maximum absolute atomic E-state index is 12.6. The molecule has 0 spiro atoms. The predicted octanol–water partition coefficient (Wildman–Crippen LogP) is 2.62. The standard InChI is InChI=1S/C24H31N3O3/c1-30-19-24(29)27(18-21-7-3-2-4-8-21)22-11-9-20(10-12-22)17-23(28)25-13-16-26-14-5-6-15-26/h2-4,7-12H,5-6,13-19H2,1H3,(H,25,28). The van der Waals surface area contributed by atoms with Crippen molar-refractivity contribution in [1.29, 1.82) is 0 Å². The molecule has 1 N–H and O–H groups in total. The van der Waals surface area contributed by atoms with Crippen molar-refractivity contribution >= 4 is 17.5 Å². The van der Waals surface area contributed by atoms with Gasteiger partial charge in [-0.3, -0.25) is 9.59 Å². The smallest absolute Gasteiger partial charge is 0.253 e. The molecule has 0 saturated carbocycles. The van der Waals surface area contributed by atoms with Crippen molar-refractivity contribution in [3.8, 4) is 0 Å². The van der Waals surface area contributed by atoms with Gasteiger partial charge in [0.1, 0.15) is 6.61 Å². The van der Waals surface area contributed by atoms with E-state index >= 15 is 0 Å². The number of rotatable bonds is 10. The first-order chi connectivity index (χ1) is 14.7. The van der Waals surface area contributed by atoms with E-state index in [2.05, 4.69) is 10.2 Å². The molecule has 0 bridgehead atoms. The Morgan fingerprint density at radius 3 is 2.37 bits per heavy atom. The zero-order chi connectivity index (χ0) is 21.2. The summed E-state index contributed by atoms with van der Waals surface area (Å²) in [7, 11) is 1.52. The van der Waals surface area contributed by atoms with Gasteiger partial charge in [-0.25, -0.2) is 0 Å². The number of ether oxygens (including phenoxy) is 1. The van der Waals surface area contributed by atoms with Crippen molar-refractivity contribution < 1.29 is 14.3 Å². The van der Waals surface area contributed by atoms with Crippen molar-refractivity contribution in [2.45, 2.75) is 25.8 Å². The summed E-state index contributed by atoms with van der Waals surface area (Å²) in [5, 5.41) is 3.00. The summed E-state index contributed by atoms with van der Waals surface area (Å²) in [6.07, 6.45) is 2.86. The Hall–Kier alpha value is -2.70. The van der Waals surface area contributed by atoms with Crippen molar-refractivity contribution in [1.82, 2.24) is 10.2 Å². The molecule has 30 heavy (non-hydrogen) atoms. The topological polar surface area (TPSA) is 61.9 Å². The molecule has 1 aliphatic rings. The Morgan fingerprint density at radius 1 is 1.00 bits per heavy atom. The molecule has 160 valence electrons. The Bertz CT molecular complexity index is 802. The zero-order valence-corrected chi connectivity index (χ0v) is 17.7. The summed E-state index contributed by atoms with van der Waals surface area (Å²) in [4.78, 5) is 28.9. The predicted molar refractivity (Wildman–Crippen MR) is 118 cm³/mol. The molecular weight excluding hydrogens is 378 g/mol. The monoisotopic (exact) mass is 409 g/mol. The molecule has 0 aliphatic carbocycles. The van der Waals surface area contributed by atoms with Gasteiger partial charge in [-0.1, -0.05) is 42.5 Å². The fraction of sp³-hybridized carbons (Fsp3) is 0.417. The number of hydrogen-bond donors (Lipinski definition) is 1. The number of nitrogens with zero attached hydrogens (tertiary/aromatic N) is 2. The number of likely N-dealkylation sites (tertiary alicyclic amines) is 1. The fourth-order valence-electron chi connectivity index (χ4n) is 3.69. The van der Waals surface area contributed by atoms with E-state index in [-0.39, 0.29) is 18.4 Å². The number of nitrogens with one attached hydrogen (secondary N) is 1. The molecule has 0 aromatic heterocycles. The number of methoxy groups -OCH3 is 1. The molecule has 0 radical (unpaired) electrons. The van der Waals surface area contributed by atoms with Crippen LogP contribution < -0.4 is 10.2 Å². The highest BCUT2D eigenvalue weighted by atomic mass is 16.5. The van der Waals surface area contributed by atoms with E-state index in [4.69, 9.17) is 4.74 Å². The van der Waals surface area contributed by atoms with E-state index in [1.165, 1.54) is 20.0 Å². The maximum Gasteiger partial charge on any atom is 0.253 e. The van der Waals surface area contributed by atoms with Crippen LogP contribution in [0.1, 0.15) is 24.0 Å². The van der Waals surface area contributed by atoms with Crippen molar-refractivity contribution in [3.05, 3.63) is 65.7 Å². The average Bonchev–Trinajstić information content (AvgIpc) is 3.27. The van der Waals surface area contributed by atoms with Gasteiger partial charge in [0.05, 0.1) is 13.0 Å². The summed E-state index contributed by atoms with van der Waals surface area (Å²) < 4.78 is 5.05. The lowest BCUT2D eigenvalue weighted by atomic mass is 10.1. The summed E-state index contributed by atoms with van der Waals surface area (Å²) in [5.74, 6) is -0.0766. The molecule has 1 aliphatic heterocycles. The van der Waals surface area contributed by atoms with Crippen molar-refractivity contribution in [2.24, 2.45) is 0 Å². The third-order valence-corrected chi connectivity index (χ3v) is 5.31. The maximum atomic E-state index is 12.6. The van der Waals surface area contributed by atoms with Gasteiger partial charge in [-0.2, -0.15) is 0 Å². The first-order valence-electron chi connectivity index (χ1n) is 10.6. The molecule has 0 atom stereocenters. The molecular formula is C24H31N3O3. The normalized spacial score (nSPS) is 13.9. The quantitative estimate of drug-likeness (QED) is 0.655. The highest BCUT2D eigenvalue weighted by Gasteiger charge is 2.16. The van der Waals surface area contributed by atoms with E-state index in [0.29, 0.717) is 19.5 Å². The van der Waals surface area contributed by atoms with Crippen LogP contribution in [0.3, 0.4) is 0 Å². The van der Waals surface area contributed by atoms with Crippen LogP contribution in [0.15, 0.2) is 54.6 Å². The summed E-state index contributed by atoms with van der Waals surface area (Å²) >= 11 is 0. The number of carbonyl (C=O) groups excluding carboxylic acids is 2. The second-order valence-corrected chi connectivity index (χ2v) is 7.64. The summed E-state index contributed by atoms with van der Waals surface area (Å²) in [6, 6.07) is 17.5. The molecule has 2 aromatic carbocycles. The lowest BCUT2D eigenvalue weighted by Gasteiger charge is -2.23. The van der Waals surface area contributed by atoms with Crippen LogP contribution in [-0.2, 0) is 27.3 Å². The first kappa shape index (κ1) is 22.0. The van der Waals surface area contributed by atoms with Gasteiger partial charge in [-0.05, 0) is 49.2 Å². The third-order valence-electron chi connectivity index (χ3n) is 5.31. The number of anilines is 1. The molecule has 2 amide bonds. The van der Waals surface area contributed by atoms with E-state index in [0.717, 1.165) is 36.4 Å². The number of benzene rings is 2. The minimum atomic E-state index is -0.103. The fourth-order valence-corrected chi connectivity index (χ4v) is 3.69. The molecule has 3 rings (SSSR count). The highest BCUT2D eigenvalue weighted by molar-refractivity contribution is 5.94. The number of hydrogen-bond acceptors (Lipinski definition) is 4. The van der Waals surface area contributed by atoms with Gasteiger partial charge < -0.3 is 19.9 Å². The molecule has 1 fully saturated rings. The Balaban J connectivity index is 1.56. The van der Waals surface area contributed by atoms with Crippen LogP contribution in [0, 0.1) is 0 Å². The minimum Gasteiger partial charge on any atom is -0.375 e. The van der Waals surface area contributed by atoms with Gasteiger partial charge >= 0.3 is 0 Å². The van der Waals surface area contributed by atoms with Gasteiger partial charge in [0, 0.05) is 25.9 Å². The van der Waals surface area contributed by atoms with Gasteiger partial charge in [0.2, 0.25) is 5.91 Å². The van der Waals surface area contributed by atoms with Crippen LogP contribution in [0.4, 0.5) is 5.69 Å². The van der Waals surface area contributed by atoms with Crippen LogP contribution in [0.5, 0.6) is 0 Å². The molecule has 1 saturated heterocycles. The summed E-state index contributed by atoms with van der Waals surface area (Å²) in [5.41, 5.74) is 2.76. The second-order valence-electron chi connectivity index (χ2n) is 7.64. The van der Waals surface area contributed by atoms with Gasteiger partial charge in [0.15, 0.2) is 0 Å². The second kappa shape index (κ2) is 11.5. The summed E-state index contributed by atoms with van der Waals surface area (Å²) in [6.45, 7) is 4.37. The minimum absolute atomic E-state index is 0.0218.